The quantitative estimate of drug-likeness (QED) is 0.515. The highest BCUT2D eigenvalue weighted by atomic mass is 32.2. The topological polar surface area (TPSA) is 101 Å². The number of pyridine rings is 1. The van der Waals surface area contributed by atoms with E-state index in [0.29, 0.717) is 27.6 Å². The van der Waals surface area contributed by atoms with Gasteiger partial charge in [-0.25, -0.2) is 8.42 Å². The largest absolute Gasteiger partial charge is 0.619 e. The summed E-state index contributed by atoms with van der Waals surface area (Å²) in [6.45, 7) is 0. The lowest BCUT2D eigenvalue weighted by Crippen LogP contribution is -2.23. The normalized spacial score (nSPS) is 11.4. The summed E-state index contributed by atoms with van der Waals surface area (Å²) < 4.78 is 31.3. The predicted molar refractivity (Wildman–Crippen MR) is 85.4 cm³/mol. The van der Waals surface area contributed by atoms with E-state index in [-0.39, 0.29) is 5.16 Å². The highest BCUT2D eigenvalue weighted by Crippen LogP contribution is 2.25. The molecule has 3 rings (SSSR count). The average molecular weight is 346 g/mol. The van der Waals surface area contributed by atoms with Crippen molar-refractivity contribution < 1.29 is 17.9 Å². The van der Waals surface area contributed by atoms with Crippen LogP contribution >= 0.6 is 0 Å². The van der Waals surface area contributed by atoms with Gasteiger partial charge in [0, 0.05) is 24.0 Å². The molecule has 3 aromatic rings. The van der Waals surface area contributed by atoms with Gasteiger partial charge in [0.2, 0.25) is 9.84 Å². The molecule has 0 spiro atoms. The first-order chi connectivity index (χ1) is 11.4. The van der Waals surface area contributed by atoms with Crippen LogP contribution in [0.25, 0.3) is 17.1 Å². The summed E-state index contributed by atoms with van der Waals surface area (Å²) >= 11 is 0. The van der Waals surface area contributed by atoms with Gasteiger partial charge in [-0.2, -0.15) is 4.73 Å². The molecule has 0 atom stereocenters. The zero-order valence-electron chi connectivity index (χ0n) is 12.9. The number of methoxy groups -OCH3 is 1. The van der Waals surface area contributed by atoms with Crippen molar-refractivity contribution in [1.82, 2.24) is 14.8 Å². The first kappa shape index (κ1) is 15.9. The van der Waals surface area contributed by atoms with Crippen LogP contribution in [-0.4, -0.2) is 36.5 Å². The van der Waals surface area contributed by atoms with Crippen LogP contribution in [0.4, 0.5) is 0 Å². The molecule has 124 valence electrons. The van der Waals surface area contributed by atoms with Crippen LogP contribution in [0.5, 0.6) is 5.75 Å². The van der Waals surface area contributed by atoms with E-state index in [0.717, 1.165) is 6.26 Å². The molecule has 0 aliphatic carbocycles. The van der Waals surface area contributed by atoms with Gasteiger partial charge in [-0.15, -0.1) is 10.2 Å². The van der Waals surface area contributed by atoms with E-state index >= 15 is 0 Å². The van der Waals surface area contributed by atoms with E-state index in [4.69, 9.17) is 4.74 Å². The van der Waals surface area contributed by atoms with Gasteiger partial charge in [-0.3, -0.25) is 4.57 Å². The second kappa shape index (κ2) is 5.93. The van der Waals surface area contributed by atoms with E-state index in [1.165, 1.54) is 17.0 Å². The fourth-order valence-corrected chi connectivity index (χ4v) is 2.94. The lowest BCUT2D eigenvalue weighted by Gasteiger charge is -2.10. The number of benzene rings is 1. The molecule has 2 aromatic heterocycles. The number of hydrogen-bond donors (Lipinski definition) is 0. The van der Waals surface area contributed by atoms with E-state index < -0.39 is 9.84 Å². The molecule has 0 saturated carbocycles. The molecule has 0 unspecified atom stereocenters. The Hall–Kier alpha value is -2.94. The Labute approximate surface area is 138 Å². The van der Waals surface area contributed by atoms with Crippen LogP contribution in [-0.2, 0) is 9.84 Å². The molecular weight excluding hydrogens is 332 g/mol. The summed E-state index contributed by atoms with van der Waals surface area (Å²) in [5.41, 5.74) is 1.13. The summed E-state index contributed by atoms with van der Waals surface area (Å²) in [5.74, 6) is 0.961. The van der Waals surface area contributed by atoms with Gasteiger partial charge in [0.1, 0.15) is 5.75 Å². The summed E-state index contributed by atoms with van der Waals surface area (Å²) in [7, 11) is -2.06. The first-order valence-corrected chi connectivity index (χ1v) is 8.78. The number of rotatable bonds is 4. The molecule has 0 amide bonds. The third-order valence-electron chi connectivity index (χ3n) is 3.36. The van der Waals surface area contributed by atoms with Crippen LogP contribution in [0.3, 0.4) is 0 Å². The maximum atomic E-state index is 12.0. The molecule has 0 aliphatic heterocycles. The smallest absolute Gasteiger partial charge is 0.254 e. The molecule has 0 N–H and O–H groups in total. The molecule has 0 radical (unpaired) electrons. The summed E-state index contributed by atoms with van der Waals surface area (Å²) in [5, 5.41) is 18.8. The van der Waals surface area contributed by atoms with Crippen molar-refractivity contribution in [3.05, 3.63) is 54.0 Å². The van der Waals surface area contributed by atoms with Gasteiger partial charge in [-0.1, -0.05) is 0 Å². The Morgan fingerprint density at radius 3 is 2.25 bits per heavy atom. The second-order valence-corrected chi connectivity index (χ2v) is 6.97. The molecule has 9 heteroatoms. The Kier molecular flexibility index (Phi) is 3.94. The number of nitrogens with zero attached hydrogens (tertiary/aromatic N) is 4. The maximum absolute atomic E-state index is 12.0. The van der Waals surface area contributed by atoms with Crippen LogP contribution in [0.2, 0.25) is 0 Å². The second-order valence-electron chi connectivity index (χ2n) is 5.06. The average Bonchev–Trinajstić information content (AvgIpc) is 3.01. The van der Waals surface area contributed by atoms with E-state index in [1.54, 1.807) is 43.5 Å². The number of aromatic nitrogens is 4. The Bertz CT molecular complexity index is 964. The van der Waals surface area contributed by atoms with E-state index in [2.05, 4.69) is 10.2 Å². The van der Waals surface area contributed by atoms with Crippen LogP contribution in [0, 0.1) is 5.21 Å². The van der Waals surface area contributed by atoms with E-state index in [1.807, 2.05) is 0 Å². The molecule has 0 fully saturated rings. The van der Waals surface area contributed by atoms with Crippen molar-refractivity contribution in [2.24, 2.45) is 0 Å². The van der Waals surface area contributed by atoms with Gasteiger partial charge >= 0.3 is 0 Å². The molecule has 2 heterocycles. The standard InChI is InChI=1S/C15H14N4O4S/c1-23-13-5-3-12(4-6-13)19-14(11-7-9-18(20)10-8-11)16-17-15(19)24(2,21)22/h3-10H,1-2H3. The highest BCUT2D eigenvalue weighted by molar-refractivity contribution is 7.90. The van der Waals surface area contributed by atoms with Crippen molar-refractivity contribution in [1.29, 1.82) is 0 Å². The highest BCUT2D eigenvalue weighted by Gasteiger charge is 2.23. The number of hydrogen-bond acceptors (Lipinski definition) is 6. The fraction of sp³-hybridized carbons (Fsp3) is 0.133. The molecular formula is C15H14N4O4S. The monoisotopic (exact) mass is 346 g/mol. The zero-order chi connectivity index (χ0) is 17.3. The summed E-state index contributed by atoms with van der Waals surface area (Å²) in [6, 6.07) is 9.92. The third-order valence-corrected chi connectivity index (χ3v) is 4.28. The molecule has 0 bridgehead atoms. The van der Waals surface area contributed by atoms with Gasteiger partial charge in [-0.05, 0) is 24.3 Å². The predicted octanol–water partition coefficient (Wildman–Crippen LogP) is 0.980. The third kappa shape index (κ3) is 2.93. The fourth-order valence-electron chi connectivity index (χ4n) is 2.22. The van der Waals surface area contributed by atoms with Crippen molar-refractivity contribution in [2.45, 2.75) is 5.16 Å². The van der Waals surface area contributed by atoms with Crippen molar-refractivity contribution in [3.63, 3.8) is 0 Å². The van der Waals surface area contributed by atoms with Gasteiger partial charge in [0.25, 0.3) is 5.16 Å². The molecule has 0 aliphatic rings. The minimum Gasteiger partial charge on any atom is -0.619 e. The van der Waals surface area contributed by atoms with Crippen molar-refractivity contribution in [2.75, 3.05) is 13.4 Å². The lowest BCUT2D eigenvalue weighted by molar-refractivity contribution is -0.605. The zero-order valence-corrected chi connectivity index (χ0v) is 13.8. The van der Waals surface area contributed by atoms with Crippen molar-refractivity contribution >= 4 is 9.84 Å². The number of ether oxygens (including phenoxy) is 1. The lowest BCUT2D eigenvalue weighted by atomic mass is 10.2. The summed E-state index contributed by atoms with van der Waals surface area (Å²) in [6.07, 6.45) is 3.68. The number of sulfone groups is 1. The Morgan fingerprint density at radius 2 is 1.71 bits per heavy atom. The maximum Gasteiger partial charge on any atom is 0.254 e. The van der Waals surface area contributed by atoms with Gasteiger partial charge < -0.3 is 9.94 Å². The summed E-state index contributed by atoms with van der Waals surface area (Å²) in [4.78, 5) is 0. The Morgan fingerprint density at radius 1 is 1.08 bits per heavy atom. The van der Waals surface area contributed by atoms with Crippen LogP contribution in [0.15, 0.2) is 53.9 Å². The first-order valence-electron chi connectivity index (χ1n) is 6.89. The van der Waals surface area contributed by atoms with Crippen LogP contribution < -0.4 is 9.47 Å². The van der Waals surface area contributed by atoms with E-state index in [9.17, 15) is 13.6 Å². The minimum absolute atomic E-state index is 0.179. The van der Waals surface area contributed by atoms with Crippen LogP contribution in [0.1, 0.15) is 0 Å². The minimum atomic E-state index is -3.60. The van der Waals surface area contributed by atoms with Crippen molar-refractivity contribution in [3.8, 4) is 22.8 Å². The Balaban J connectivity index is 2.23. The molecule has 1 aromatic carbocycles. The molecule has 0 saturated heterocycles. The molecule has 24 heavy (non-hydrogen) atoms. The SMILES string of the molecule is COc1ccc(-n2c(-c3cc[n+]([O-])cc3)nnc2S(C)(=O)=O)cc1. The van der Waals surface area contributed by atoms with Gasteiger partial charge in [0.15, 0.2) is 18.2 Å². The van der Waals surface area contributed by atoms with Gasteiger partial charge in [0.05, 0.1) is 12.8 Å². The molecule has 8 nitrogen and oxygen atoms in total.